The monoisotopic (exact) mass is 692 g/mol. The highest BCUT2D eigenvalue weighted by molar-refractivity contribution is 6.04. The number of rotatable bonds is 11. The Bertz CT molecular complexity index is 1950. The van der Waals surface area contributed by atoms with Crippen molar-refractivity contribution in [2.45, 2.75) is 98.9 Å². The van der Waals surface area contributed by atoms with Crippen LogP contribution >= 0.6 is 0 Å². The van der Waals surface area contributed by atoms with E-state index in [-0.39, 0.29) is 18.2 Å². The lowest BCUT2D eigenvalue weighted by Crippen LogP contribution is -2.39. The minimum Gasteiger partial charge on any atom is -0.444 e. The zero-order chi connectivity index (χ0) is 36.9. The summed E-state index contributed by atoms with van der Waals surface area (Å²) >= 11 is 0. The van der Waals surface area contributed by atoms with Crippen LogP contribution < -0.4 is 0 Å². The molecule has 0 spiro atoms. The number of aromatic amines is 2. The van der Waals surface area contributed by atoms with E-state index in [0.717, 1.165) is 57.3 Å². The fraction of sp³-hybridized carbons (Fsp3) is 0.415. The first-order valence-electron chi connectivity index (χ1n) is 17.9. The molecule has 2 heterocycles. The lowest BCUT2D eigenvalue weighted by molar-refractivity contribution is 0.0165. The van der Waals surface area contributed by atoms with Gasteiger partial charge in [-0.25, -0.2) is 19.6 Å². The minimum absolute atomic E-state index is 0.274. The molecule has 5 rings (SSSR count). The van der Waals surface area contributed by atoms with Gasteiger partial charge < -0.3 is 24.3 Å². The van der Waals surface area contributed by atoms with Gasteiger partial charge in [-0.1, -0.05) is 74.5 Å². The van der Waals surface area contributed by atoms with Crippen molar-refractivity contribution in [2.75, 3.05) is 13.1 Å². The zero-order valence-corrected chi connectivity index (χ0v) is 31.5. The second kappa shape index (κ2) is 15.4. The molecule has 2 aromatic heterocycles. The molecule has 0 fully saturated rings. The van der Waals surface area contributed by atoms with Crippen molar-refractivity contribution in [2.24, 2.45) is 0 Å². The number of benzene rings is 3. The predicted octanol–water partition coefficient (Wildman–Crippen LogP) is 10.1. The topological polar surface area (TPSA) is 116 Å². The normalized spacial score (nSPS) is 12.5. The van der Waals surface area contributed by atoms with Crippen LogP contribution in [-0.2, 0) is 16.0 Å². The van der Waals surface area contributed by atoms with Crippen LogP contribution in [-0.4, -0.2) is 66.2 Å². The molecule has 0 unspecified atom stereocenters. The van der Waals surface area contributed by atoms with Crippen LogP contribution in [0, 0.1) is 0 Å². The quantitative estimate of drug-likeness (QED) is 0.142. The third kappa shape index (κ3) is 9.17. The van der Waals surface area contributed by atoms with Crippen molar-refractivity contribution in [1.82, 2.24) is 29.7 Å². The molecule has 3 aromatic carbocycles. The maximum atomic E-state index is 13.0. The first kappa shape index (κ1) is 37.1. The third-order valence-corrected chi connectivity index (χ3v) is 8.39. The summed E-state index contributed by atoms with van der Waals surface area (Å²) in [6.45, 7) is 18.8. The number of amides is 2. The molecule has 1 atom stereocenters. The number of ether oxygens (including phenoxy) is 2. The molecule has 0 bridgehead atoms. The van der Waals surface area contributed by atoms with Crippen molar-refractivity contribution in [1.29, 1.82) is 0 Å². The van der Waals surface area contributed by atoms with Crippen molar-refractivity contribution < 1.29 is 19.1 Å². The standard InChI is InChI=1S/C41H52N6O4/c1-10-22-46(38(48)50-40(4,5)6)26-36-42-25-35(44-36)33-21-20-30(31-14-12-13-15-32(31)33)28-16-18-29(19-17-28)34-24-43-37(45-34)27(3)47(23-11-2)39(49)51-41(7,8)9/h12-21,24-25,27H,10-11,22-23,26H2,1-9H3,(H,42,44)(H,43,45)/t27-/m0/s1. The molecule has 5 aromatic rings. The van der Waals surface area contributed by atoms with Gasteiger partial charge in [0.15, 0.2) is 0 Å². The summed E-state index contributed by atoms with van der Waals surface area (Å²) in [6, 6.07) is 20.8. The second-order valence-electron chi connectivity index (χ2n) is 15.0. The first-order valence-corrected chi connectivity index (χ1v) is 17.9. The van der Waals surface area contributed by atoms with Crippen LogP contribution in [0.2, 0.25) is 0 Å². The molecule has 10 heteroatoms. The van der Waals surface area contributed by atoms with E-state index in [2.05, 4.69) is 74.5 Å². The van der Waals surface area contributed by atoms with E-state index in [9.17, 15) is 9.59 Å². The number of nitrogens with one attached hydrogen (secondary N) is 2. The Morgan fingerprint density at radius 3 is 1.90 bits per heavy atom. The predicted molar refractivity (Wildman–Crippen MR) is 203 cm³/mol. The number of carbonyl (C=O) groups excluding carboxylic acids is 2. The lowest BCUT2D eigenvalue weighted by atomic mass is 9.93. The summed E-state index contributed by atoms with van der Waals surface area (Å²) in [7, 11) is 0. The van der Waals surface area contributed by atoms with Crippen molar-refractivity contribution in [3.8, 4) is 33.6 Å². The molecule has 2 N–H and O–H groups in total. The molecular formula is C41H52N6O4. The van der Waals surface area contributed by atoms with Crippen LogP contribution in [0.3, 0.4) is 0 Å². The average molecular weight is 693 g/mol. The Kier molecular flexibility index (Phi) is 11.2. The highest BCUT2D eigenvalue weighted by Crippen LogP contribution is 2.36. The van der Waals surface area contributed by atoms with Crippen LogP contribution in [0.25, 0.3) is 44.4 Å². The molecule has 0 aliphatic rings. The maximum absolute atomic E-state index is 13.0. The summed E-state index contributed by atoms with van der Waals surface area (Å²) in [5, 5.41) is 2.22. The largest absolute Gasteiger partial charge is 0.444 e. The molecule has 10 nitrogen and oxygen atoms in total. The van der Waals surface area contributed by atoms with E-state index in [1.165, 1.54) is 0 Å². The van der Waals surface area contributed by atoms with E-state index >= 15 is 0 Å². The first-order chi connectivity index (χ1) is 24.2. The van der Waals surface area contributed by atoms with Gasteiger partial charge in [0.2, 0.25) is 0 Å². The van der Waals surface area contributed by atoms with E-state index in [1.807, 2.05) is 80.8 Å². The van der Waals surface area contributed by atoms with Gasteiger partial charge in [-0.15, -0.1) is 0 Å². The summed E-state index contributed by atoms with van der Waals surface area (Å²) < 4.78 is 11.3. The highest BCUT2D eigenvalue weighted by Gasteiger charge is 2.28. The van der Waals surface area contributed by atoms with E-state index in [0.29, 0.717) is 31.3 Å². The number of imidazole rings is 2. The fourth-order valence-corrected chi connectivity index (χ4v) is 6.05. The van der Waals surface area contributed by atoms with Gasteiger partial charge in [0.1, 0.15) is 22.9 Å². The van der Waals surface area contributed by atoms with Crippen molar-refractivity contribution in [3.63, 3.8) is 0 Å². The lowest BCUT2D eigenvalue weighted by Gasteiger charge is -2.30. The smallest absolute Gasteiger partial charge is 0.410 e. The van der Waals surface area contributed by atoms with Gasteiger partial charge in [-0.3, -0.25) is 4.90 Å². The highest BCUT2D eigenvalue weighted by atomic mass is 16.6. The maximum Gasteiger partial charge on any atom is 0.410 e. The van der Waals surface area contributed by atoms with Crippen LogP contribution in [0.5, 0.6) is 0 Å². The Morgan fingerprint density at radius 2 is 1.27 bits per heavy atom. The number of H-pyrrole nitrogens is 2. The SMILES string of the molecule is CCCN(Cc1ncc(-c2ccc(-c3ccc(-c4cnc([C@H](C)N(CCC)C(=O)OC(C)(C)C)[nH]4)cc3)c3ccccc23)[nH]1)C(=O)OC(C)(C)C. The number of hydrogen-bond acceptors (Lipinski definition) is 6. The zero-order valence-electron chi connectivity index (χ0n) is 31.5. The molecule has 0 saturated heterocycles. The van der Waals surface area contributed by atoms with Gasteiger partial charge in [0.25, 0.3) is 0 Å². The summed E-state index contributed by atoms with van der Waals surface area (Å²) in [4.78, 5) is 45.4. The van der Waals surface area contributed by atoms with E-state index in [4.69, 9.17) is 9.47 Å². The van der Waals surface area contributed by atoms with Gasteiger partial charge in [0.05, 0.1) is 36.4 Å². The Balaban J connectivity index is 1.36. The molecular weight excluding hydrogens is 640 g/mol. The van der Waals surface area contributed by atoms with Gasteiger partial charge in [-0.05, 0) is 88.8 Å². The molecule has 2 amide bonds. The Morgan fingerprint density at radius 1 is 0.706 bits per heavy atom. The van der Waals surface area contributed by atoms with E-state index in [1.54, 1.807) is 9.80 Å². The molecule has 0 radical (unpaired) electrons. The summed E-state index contributed by atoms with van der Waals surface area (Å²) in [5.41, 5.74) is 4.86. The summed E-state index contributed by atoms with van der Waals surface area (Å²) in [5.74, 6) is 1.41. The van der Waals surface area contributed by atoms with E-state index < -0.39 is 11.2 Å². The minimum atomic E-state index is -0.575. The van der Waals surface area contributed by atoms with Gasteiger partial charge in [0, 0.05) is 18.7 Å². The molecule has 0 aliphatic heterocycles. The number of fused-ring (bicyclic) bond motifs is 1. The Hall–Kier alpha value is -5.12. The molecule has 51 heavy (non-hydrogen) atoms. The van der Waals surface area contributed by atoms with Crippen LogP contribution in [0.1, 0.15) is 92.8 Å². The number of aromatic nitrogens is 4. The van der Waals surface area contributed by atoms with Crippen molar-refractivity contribution in [3.05, 3.63) is 84.7 Å². The third-order valence-electron chi connectivity index (χ3n) is 8.39. The van der Waals surface area contributed by atoms with Crippen molar-refractivity contribution >= 4 is 23.0 Å². The van der Waals surface area contributed by atoms with Gasteiger partial charge in [-0.2, -0.15) is 0 Å². The second-order valence-corrected chi connectivity index (χ2v) is 15.0. The number of nitrogens with zero attached hydrogens (tertiary/aromatic N) is 4. The molecule has 0 aliphatic carbocycles. The number of carbonyl (C=O) groups is 2. The fourth-order valence-electron chi connectivity index (χ4n) is 6.05. The molecule has 0 saturated carbocycles. The molecule has 270 valence electrons. The number of hydrogen-bond donors (Lipinski definition) is 2. The van der Waals surface area contributed by atoms with Crippen LogP contribution in [0.15, 0.2) is 73.1 Å². The average Bonchev–Trinajstić information content (AvgIpc) is 3.75. The van der Waals surface area contributed by atoms with Crippen LogP contribution in [0.4, 0.5) is 9.59 Å². The summed E-state index contributed by atoms with van der Waals surface area (Å²) in [6.07, 6.45) is 4.59. The Labute approximate surface area is 301 Å². The van der Waals surface area contributed by atoms with Gasteiger partial charge >= 0.3 is 12.2 Å².